The summed E-state index contributed by atoms with van der Waals surface area (Å²) in [6.07, 6.45) is 3.25. The first kappa shape index (κ1) is 35.5. The Bertz CT molecular complexity index is 2310. The van der Waals surface area contributed by atoms with Crippen LogP contribution in [-0.4, -0.2) is 45.7 Å². The molecule has 0 unspecified atom stereocenters. The highest BCUT2D eigenvalue weighted by Crippen LogP contribution is 2.37. The molecule has 10 nitrogen and oxygen atoms in total. The monoisotopic (exact) mass is 707 g/mol. The first-order valence-electron chi connectivity index (χ1n) is 16.8. The molecule has 2 atom stereocenters. The van der Waals surface area contributed by atoms with E-state index in [-0.39, 0.29) is 29.6 Å². The summed E-state index contributed by atoms with van der Waals surface area (Å²) in [6, 6.07) is 16.8. The number of rotatable bonds is 12. The number of para-hydroxylation sites is 1. The van der Waals surface area contributed by atoms with Crippen molar-refractivity contribution in [3.05, 3.63) is 117 Å². The third kappa shape index (κ3) is 7.58. The van der Waals surface area contributed by atoms with Crippen LogP contribution in [0.4, 0.5) is 0 Å². The second-order valence-corrected chi connectivity index (χ2v) is 14.9. The lowest BCUT2D eigenvalue weighted by atomic mass is 9.86. The van der Waals surface area contributed by atoms with Crippen molar-refractivity contribution in [2.24, 2.45) is 0 Å². The Kier molecular flexibility index (Phi) is 10.1. The summed E-state index contributed by atoms with van der Waals surface area (Å²) in [7, 11) is 0. The minimum absolute atomic E-state index is 0.0869. The number of hydrogen-bond acceptors (Lipinski definition) is 7. The molecule has 0 spiro atoms. The number of nitrogens with one attached hydrogen (secondary N) is 3. The Hall–Kier alpha value is -5.29. The maximum atomic E-state index is 13.8. The zero-order chi connectivity index (χ0) is 36.4. The molecule has 3 aromatic carbocycles. The molecule has 0 bridgehead atoms. The van der Waals surface area contributed by atoms with Gasteiger partial charge in [-0.15, -0.1) is 0 Å². The van der Waals surface area contributed by atoms with Crippen molar-refractivity contribution in [3.63, 3.8) is 0 Å². The molecule has 0 aliphatic rings. The number of benzene rings is 3. The van der Waals surface area contributed by atoms with Crippen LogP contribution in [0.3, 0.4) is 0 Å². The summed E-state index contributed by atoms with van der Waals surface area (Å²) in [5.41, 5.74) is 5.33. The summed E-state index contributed by atoms with van der Waals surface area (Å²) < 4.78 is 11.7. The van der Waals surface area contributed by atoms with E-state index in [1.165, 1.54) is 11.8 Å². The first-order valence-corrected chi connectivity index (χ1v) is 17.9. The van der Waals surface area contributed by atoms with Crippen molar-refractivity contribution in [3.8, 4) is 0 Å². The molecule has 4 N–H and O–H groups in total. The minimum atomic E-state index is -1.19. The molecule has 0 fully saturated rings. The van der Waals surface area contributed by atoms with Crippen LogP contribution in [0.1, 0.15) is 54.2 Å². The number of aromatic nitrogens is 1. The van der Waals surface area contributed by atoms with Crippen LogP contribution in [0, 0.1) is 13.8 Å². The van der Waals surface area contributed by atoms with Gasteiger partial charge in [-0.05, 0) is 48.1 Å². The van der Waals surface area contributed by atoms with Crippen LogP contribution in [0.25, 0.3) is 32.8 Å². The summed E-state index contributed by atoms with van der Waals surface area (Å²) in [5, 5.41) is 17.9. The standard InChI is InChI=1S/C40H41N3O7S/c1-22-27-16-29-30(40(3,4)5)19-49-35(29)23(2)36(27)50-39(48)28(22)17-34(44)42-32(15-25-18-41-31-14-10-9-13-26(25)31)37(45)43-33(38(46)47)21-51-20-24-11-7-6-8-12-24/h6-14,16,18-19,32-33,41H,15,17,20-21H2,1-5H3,(H,42,44)(H,43,45)(H,46,47)/t32-,33-/m1/s1. The molecule has 3 heterocycles. The lowest BCUT2D eigenvalue weighted by molar-refractivity contribution is -0.141. The fourth-order valence-corrected chi connectivity index (χ4v) is 7.44. The van der Waals surface area contributed by atoms with Gasteiger partial charge in [0.15, 0.2) is 0 Å². The molecular weight excluding hydrogens is 667 g/mol. The fraction of sp³-hybridized carbons (Fsp3) is 0.300. The number of aryl methyl sites for hydroxylation is 2. The molecule has 3 aromatic heterocycles. The lowest BCUT2D eigenvalue weighted by Gasteiger charge is -2.22. The number of furan rings is 1. The number of thioether (sulfide) groups is 1. The number of carbonyl (C=O) groups is 3. The van der Waals surface area contributed by atoms with E-state index in [9.17, 15) is 24.3 Å². The molecular formula is C40H41N3O7S. The molecule has 0 saturated heterocycles. The van der Waals surface area contributed by atoms with Crippen molar-refractivity contribution < 1.29 is 28.3 Å². The molecule has 51 heavy (non-hydrogen) atoms. The van der Waals surface area contributed by atoms with Crippen LogP contribution in [-0.2, 0) is 38.4 Å². The number of hydrogen-bond donors (Lipinski definition) is 4. The fourth-order valence-electron chi connectivity index (χ4n) is 6.43. The van der Waals surface area contributed by atoms with Gasteiger partial charge < -0.3 is 29.6 Å². The van der Waals surface area contributed by atoms with Gasteiger partial charge in [0.25, 0.3) is 0 Å². The summed E-state index contributed by atoms with van der Waals surface area (Å²) in [6.45, 7) is 9.90. The number of aliphatic carboxylic acids is 1. The van der Waals surface area contributed by atoms with E-state index in [0.29, 0.717) is 33.4 Å². The predicted molar refractivity (Wildman–Crippen MR) is 200 cm³/mol. The minimum Gasteiger partial charge on any atom is -0.480 e. The van der Waals surface area contributed by atoms with Crippen molar-refractivity contribution in [2.45, 2.75) is 70.7 Å². The molecule has 6 aromatic rings. The van der Waals surface area contributed by atoms with E-state index in [1.54, 1.807) is 19.4 Å². The van der Waals surface area contributed by atoms with E-state index in [4.69, 9.17) is 8.83 Å². The van der Waals surface area contributed by atoms with Gasteiger partial charge in [0, 0.05) is 56.9 Å². The number of H-pyrrole nitrogens is 1. The quantitative estimate of drug-likeness (QED) is 0.102. The highest BCUT2D eigenvalue weighted by molar-refractivity contribution is 7.98. The Morgan fingerprint density at radius 1 is 0.902 bits per heavy atom. The first-order chi connectivity index (χ1) is 24.3. The summed E-state index contributed by atoms with van der Waals surface area (Å²) in [4.78, 5) is 56.3. The van der Waals surface area contributed by atoms with Crippen molar-refractivity contribution in [1.29, 1.82) is 0 Å². The maximum absolute atomic E-state index is 13.8. The number of amides is 2. The van der Waals surface area contributed by atoms with Crippen molar-refractivity contribution in [2.75, 3.05) is 5.75 Å². The molecule has 2 amide bonds. The van der Waals surface area contributed by atoms with Crippen LogP contribution >= 0.6 is 11.8 Å². The SMILES string of the molecule is Cc1c(CC(=O)N[C@H](Cc2c[nH]c3ccccc23)C(=O)N[C@H](CSCc2ccccc2)C(=O)O)c(=O)oc2c(C)c3occ(C(C)(C)C)c3cc12. The molecule has 0 aliphatic heterocycles. The maximum Gasteiger partial charge on any atom is 0.340 e. The largest absolute Gasteiger partial charge is 0.480 e. The zero-order valence-corrected chi connectivity index (χ0v) is 30.0. The molecule has 264 valence electrons. The summed E-state index contributed by atoms with van der Waals surface area (Å²) >= 11 is 1.39. The van der Waals surface area contributed by atoms with Crippen LogP contribution in [0.5, 0.6) is 0 Å². The third-order valence-electron chi connectivity index (χ3n) is 9.25. The highest BCUT2D eigenvalue weighted by atomic mass is 32.2. The van der Waals surface area contributed by atoms with Gasteiger partial charge in [-0.3, -0.25) is 9.59 Å². The van der Waals surface area contributed by atoms with E-state index in [1.807, 2.05) is 67.6 Å². The Morgan fingerprint density at radius 2 is 1.63 bits per heavy atom. The van der Waals surface area contributed by atoms with E-state index in [2.05, 4.69) is 36.4 Å². The predicted octanol–water partition coefficient (Wildman–Crippen LogP) is 6.71. The van der Waals surface area contributed by atoms with Crippen LogP contribution in [0.15, 0.2) is 86.8 Å². The molecule has 0 saturated carbocycles. The van der Waals surface area contributed by atoms with E-state index in [0.717, 1.165) is 33.0 Å². The van der Waals surface area contributed by atoms with E-state index >= 15 is 0 Å². The Labute approximate surface area is 299 Å². The van der Waals surface area contributed by atoms with Gasteiger partial charge in [0.2, 0.25) is 11.8 Å². The van der Waals surface area contributed by atoms with Gasteiger partial charge in [0.1, 0.15) is 23.2 Å². The third-order valence-corrected chi connectivity index (χ3v) is 10.4. The number of aromatic amines is 1. The van der Waals surface area contributed by atoms with Gasteiger partial charge in [0.05, 0.1) is 18.2 Å². The van der Waals surface area contributed by atoms with Gasteiger partial charge in [-0.1, -0.05) is 69.3 Å². The average Bonchev–Trinajstić information content (AvgIpc) is 3.72. The zero-order valence-electron chi connectivity index (χ0n) is 29.2. The topological polar surface area (TPSA) is 155 Å². The number of carbonyl (C=O) groups excluding carboxylic acids is 2. The smallest absolute Gasteiger partial charge is 0.340 e. The van der Waals surface area contributed by atoms with Crippen LogP contribution in [0.2, 0.25) is 0 Å². The molecule has 6 rings (SSSR count). The Balaban J connectivity index is 1.27. The number of carboxylic acids is 1. The summed E-state index contributed by atoms with van der Waals surface area (Å²) in [5.74, 6) is -1.70. The van der Waals surface area contributed by atoms with Crippen molar-refractivity contribution >= 4 is 62.4 Å². The van der Waals surface area contributed by atoms with Crippen LogP contribution < -0.4 is 16.3 Å². The Morgan fingerprint density at radius 3 is 2.35 bits per heavy atom. The van der Waals surface area contributed by atoms with Crippen molar-refractivity contribution in [1.82, 2.24) is 15.6 Å². The second kappa shape index (κ2) is 14.5. The van der Waals surface area contributed by atoms with Gasteiger partial charge >= 0.3 is 11.6 Å². The lowest BCUT2D eigenvalue weighted by Crippen LogP contribution is -2.53. The number of fused-ring (bicyclic) bond motifs is 3. The van der Waals surface area contributed by atoms with E-state index < -0.39 is 35.5 Å². The van der Waals surface area contributed by atoms with Gasteiger partial charge in [-0.2, -0.15) is 11.8 Å². The highest BCUT2D eigenvalue weighted by Gasteiger charge is 2.29. The molecule has 0 aliphatic carbocycles. The molecule has 0 radical (unpaired) electrons. The van der Waals surface area contributed by atoms with Gasteiger partial charge in [-0.25, -0.2) is 9.59 Å². The normalized spacial score (nSPS) is 13.0. The second-order valence-electron chi connectivity index (χ2n) is 13.9. The number of carboxylic acid groups (broad SMARTS) is 1. The average molecular weight is 708 g/mol. The molecule has 11 heteroatoms.